The van der Waals surface area contributed by atoms with Crippen molar-refractivity contribution in [1.82, 2.24) is 15.0 Å². The molecule has 130 valence electrons. The maximum Gasteiger partial charge on any atom is 0.147 e. The van der Waals surface area contributed by atoms with Crippen molar-refractivity contribution in [2.24, 2.45) is 0 Å². The van der Waals surface area contributed by atoms with Crippen LogP contribution >= 0.6 is 15.9 Å². The Labute approximate surface area is 149 Å². The number of hydrogen-bond acceptors (Lipinski definition) is 6. The largest absolute Gasteiger partial charge is 0.394 e. The lowest BCUT2D eigenvalue weighted by Crippen LogP contribution is -2.55. The van der Waals surface area contributed by atoms with Crippen LogP contribution in [0.15, 0.2) is 35.3 Å². The summed E-state index contributed by atoms with van der Waals surface area (Å²) in [5, 5.41) is 9.67. The molecule has 2 aromatic heterocycles. The first kappa shape index (κ1) is 18.5. The molecule has 8 heteroatoms. The number of rotatable bonds is 3. The molecule has 3 heterocycles. The van der Waals surface area contributed by atoms with Gasteiger partial charge in [0.1, 0.15) is 22.1 Å². The Morgan fingerprint density at radius 3 is 2.46 bits per heavy atom. The summed E-state index contributed by atoms with van der Waals surface area (Å²) in [6, 6.07) is 2.88. The number of pyridine rings is 1. The summed E-state index contributed by atoms with van der Waals surface area (Å²) in [5.74, 6) is 1.07. The van der Waals surface area contributed by atoms with Crippen LogP contribution in [0.2, 0.25) is 0 Å². The maximum absolute atomic E-state index is 13.0. The highest BCUT2D eigenvalue weighted by Crippen LogP contribution is 2.21. The van der Waals surface area contributed by atoms with E-state index in [1.807, 2.05) is 18.7 Å². The number of hydrogen-bond donors (Lipinski definition) is 1. The summed E-state index contributed by atoms with van der Waals surface area (Å²) in [6.45, 7) is 5.98. The van der Waals surface area contributed by atoms with E-state index in [1.165, 1.54) is 12.3 Å². The first-order valence-electron chi connectivity index (χ1n) is 7.89. The molecule has 0 aromatic carbocycles. The number of piperazine rings is 1. The molecule has 0 amide bonds. The van der Waals surface area contributed by atoms with E-state index in [0.29, 0.717) is 23.5 Å². The van der Waals surface area contributed by atoms with Crippen molar-refractivity contribution in [3.05, 3.63) is 41.1 Å². The molecule has 0 saturated carbocycles. The summed E-state index contributed by atoms with van der Waals surface area (Å²) in [6.07, 6.45) is 4.54. The van der Waals surface area contributed by atoms with Crippen molar-refractivity contribution in [2.45, 2.75) is 19.9 Å². The molecule has 0 spiro atoms. The SMILES string of the molecule is CC.OCC1CN(c2cnc(Br)cn2)CCN1c1ccc(F)cn1. The molecule has 3 rings (SSSR count). The van der Waals surface area contributed by atoms with Gasteiger partial charge in [0.25, 0.3) is 0 Å². The van der Waals surface area contributed by atoms with Crippen molar-refractivity contribution < 1.29 is 9.50 Å². The second-order valence-corrected chi connectivity index (χ2v) is 5.82. The Morgan fingerprint density at radius 2 is 1.88 bits per heavy atom. The quantitative estimate of drug-likeness (QED) is 0.857. The molecule has 1 N–H and O–H groups in total. The molecule has 1 fully saturated rings. The summed E-state index contributed by atoms with van der Waals surface area (Å²) < 4.78 is 13.7. The van der Waals surface area contributed by atoms with E-state index in [9.17, 15) is 9.50 Å². The van der Waals surface area contributed by atoms with Crippen LogP contribution in [0.1, 0.15) is 13.8 Å². The molecule has 0 bridgehead atoms. The predicted molar refractivity (Wildman–Crippen MR) is 95.7 cm³/mol. The van der Waals surface area contributed by atoms with Crippen molar-refractivity contribution >= 4 is 27.6 Å². The molecular weight excluding hydrogens is 377 g/mol. The monoisotopic (exact) mass is 397 g/mol. The molecule has 1 unspecified atom stereocenters. The normalized spacial score (nSPS) is 17.3. The maximum atomic E-state index is 13.0. The number of aliphatic hydroxyl groups is 1. The van der Waals surface area contributed by atoms with Gasteiger partial charge in [-0.1, -0.05) is 13.8 Å². The van der Waals surface area contributed by atoms with Crippen molar-refractivity contribution in [2.75, 3.05) is 36.0 Å². The van der Waals surface area contributed by atoms with E-state index >= 15 is 0 Å². The van der Waals surface area contributed by atoms with Crippen LogP contribution in [0.4, 0.5) is 16.0 Å². The summed E-state index contributed by atoms with van der Waals surface area (Å²) in [4.78, 5) is 16.7. The minimum Gasteiger partial charge on any atom is -0.394 e. The zero-order chi connectivity index (χ0) is 17.5. The van der Waals surface area contributed by atoms with Gasteiger partial charge in [-0.25, -0.2) is 19.3 Å². The van der Waals surface area contributed by atoms with E-state index in [4.69, 9.17) is 0 Å². The molecule has 1 atom stereocenters. The van der Waals surface area contributed by atoms with Gasteiger partial charge in [0.05, 0.1) is 31.2 Å². The van der Waals surface area contributed by atoms with Gasteiger partial charge >= 0.3 is 0 Å². The molecule has 1 saturated heterocycles. The van der Waals surface area contributed by atoms with Crippen LogP contribution in [-0.2, 0) is 0 Å². The van der Waals surface area contributed by atoms with Crippen molar-refractivity contribution in [1.29, 1.82) is 0 Å². The first-order valence-corrected chi connectivity index (χ1v) is 8.68. The Morgan fingerprint density at radius 1 is 1.12 bits per heavy atom. The summed E-state index contributed by atoms with van der Waals surface area (Å²) in [7, 11) is 0. The number of nitrogens with zero attached hydrogens (tertiary/aromatic N) is 5. The second kappa shape index (κ2) is 8.89. The van der Waals surface area contributed by atoms with Gasteiger partial charge in [0, 0.05) is 19.6 Å². The fraction of sp³-hybridized carbons (Fsp3) is 0.438. The first-order chi connectivity index (χ1) is 11.7. The zero-order valence-electron chi connectivity index (χ0n) is 13.7. The van der Waals surface area contributed by atoms with Gasteiger partial charge in [0.15, 0.2) is 0 Å². The van der Waals surface area contributed by atoms with Gasteiger partial charge < -0.3 is 14.9 Å². The third-order valence-electron chi connectivity index (χ3n) is 3.63. The van der Waals surface area contributed by atoms with Gasteiger partial charge in [0.2, 0.25) is 0 Å². The number of anilines is 2. The van der Waals surface area contributed by atoms with Crippen LogP contribution in [0.5, 0.6) is 0 Å². The van der Waals surface area contributed by atoms with Gasteiger partial charge in [-0.2, -0.15) is 0 Å². The highest BCUT2D eigenvalue weighted by atomic mass is 79.9. The van der Waals surface area contributed by atoms with E-state index in [0.717, 1.165) is 12.4 Å². The van der Waals surface area contributed by atoms with Gasteiger partial charge in [-0.05, 0) is 28.1 Å². The smallest absolute Gasteiger partial charge is 0.147 e. The van der Waals surface area contributed by atoms with Gasteiger partial charge in [-0.15, -0.1) is 0 Å². The van der Waals surface area contributed by atoms with Crippen molar-refractivity contribution in [3.63, 3.8) is 0 Å². The summed E-state index contributed by atoms with van der Waals surface area (Å²) in [5.41, 5.74) is 0. The highest BCUT2D eigenvalue weighted by molar-refractivity contribution is 9.10. The second-order valence-electron chi connectivity index (χ2n) is 5.01. The molecule has 1 aliphatic rings. The van der Waals surface area contributed by atoms with E-state index in [1.54, 1.807) is 18.5 Å². The van der Waals surface area contributed by atoms with Crippen LogP contribution in [0, 0.1) is 5.82 Å². The molecule has 0 aliphatic carbocycles. The molecule has 2 aromatic rings. The topological polar surface area (TPSA) is 65.4 Å². The average molecular weight is 398 g/mol. The Bertz CT molecular complexity index is 625. The Hall–Kier alpha value is -1.80. The minimum atomic E-state index is -0.368. The number of halogens is 2. The van der Waals surface area contributed by atoms with Crippen LogP contribution in [0.25, 0.3) is 0 Å². The lowest BCUT2D eigenvalue weighted by atomic mass is 10.1. The summed E-state index contributed by atoms with van der Waals surface area (Å²) >= 11 is 3.26. The minimum absolute atomic E-state index is 0.0144. The van der Waals surface area contributed by atoms with Gasteiger partial charge in [-0.3, -0.25) is 0 Å². The third-order valence-corrected chi connectivity index (χ3v) is 4.04. The van der Waals surface area contributed by atoms with E-state index in [-0.39, 0.29) is 18.5 Å². The van der Waals surface area contributed by atoms with Crippen LogP contribution in [-0.4, -0.2) is 52.3 Å². The fourth-order valence-electron chi connectivity index (χ4n) is 2.53. The standard InChI is InChI=1S/C14H15BrFN5O.C2H6/c15-12-6-19-14(7-17-12)20-3-4-21(11(8-20)9-22)13-2-1-10(16)5-18-13;1-2/h1-2,5-7,11,22H,3-4,8-9H2;1-2H3. The third kappa shape index (κ3) is 4.39. The number of aromatic nitrogens is 3. The molecule has 6 nitrogen and oxygen atoms in total. The predicted octanol–water partition coefficient (Wildman–Crippen LogP) is 2.49. The average Bonchev–Trinajstić information content (AvgIpc) is 2.64. The lowest BCUT2D eigenvalue weighted by Gasteiger charge is -2.41. The Kier molecular flexibility index (Phi) is 6.86. The molecule has 1 aliphatic heterocycles. The number of aliphatic hydroxyl groups excluding tert-OH is 1. The molecular formula is C16H21BrFN5O. The molecule has 24 heavy (non-hydrogen) atoms. The Balaban J connectivity index is 0.00000100. The van der Waals surface area contributed by atoms with Crippen LogP contribution < -0.4 is 9.80 Å². The van der Waals surface area contributed by atoms with E-state index in [2.05, 4.69) is 35.8 Å². The van der Waals surface area contributed by atoms with Crippen molar-refractivity contribution in [3.8, 4) is 0 Å². The van der Waals surface area contributed by atoms with E-state index < -0.39 is 0 Å². The van der Waals surface area contributed by atoms with Crippen LogP contribution in [0.3, 0.4) is 0 Å². The lowest BCUT2D eigenvalue weighted by molar-refractivity contribution is 0.252. The molecule has 0 radical (unpaired) electrons. The highest BCUT2D eigenvalue weighted by Gasteiger charge is 2.28. The fourth-order valence-corrected chi connectivity index (χ4v) is 2.73. The zero-order valence-corrected chi connectivity index (χ0v) is 15.3.